The number of aromatic nitrogens is 2. The minimum absolute atomic E-state index is 0.0445. The average Bonchev–Trinajstić information content (AvgIpc) is 2.68. The number of carbonyl (C=O) groups is 1. The largest absolute Gasteiger partial charge is 0.493 e. The zero-order valence-corrected chi connectivity index (χ0v) is 14.3. The van der Waals surface area contributed by atoms with Gasteiger partial charge in [-0.05, 0) is 31.0 Å². The van der Waals surface area contributed by atoms with Crippen molar-refractivity contribution in [2.75, 3.05) is 27.3 Å². The van der Waals surface area contributed by atoms with Gasteiger partial charge in [-0.3, -0.25) is 4.79 Å². The van der Waals surface area contributed by atoms with Crippen molar-refractivity contribution >= 4 is 5.91 Å². The minimum atomic E-state index is -0.0762. The van der Waals surface area contributed by atoms with Gasteiger partial charge in [-0.2, -0.15) is 0 Å². The highest BCUT2D eigenvalue weighted by Crippen LogP contribution is 2.28. The third-order valence-corrected chi connectivity index (χ3v) is 4.14. The molecule has 1 fully saturated rings. The Morgan fingerprint density at radius 2 is 2.04 bits per heavy atom. The number of nitrogens with zero attached hydrogens (tertiary/aromatic N) is 3. The first kappa shape index (κ1) is 17.0. The van der Waals surface area contributed by atoms with E-state index in [-0.39, 0.29) is 12.0 Å². The van der Waals surface area contributed by atoms with Crippen molar-refractivity contribution < 1.29 is 19.0 Å². The molecule has 25 heavy (non-hydrogen) atoms. The number of methoxy groups -OCH3 is 2. The molecule has 1 aromatic heterocycles. The molecular weight excluding hydrogens is 322 g/mol. The summed E-state index contributed by atoms with van der Waals surface area (Å²) in [6.45, 7) is 1.23. The predicted octanol–water partition coefficient (Wildman–Crippen LogP) is 2.18. The lowest BCUT2D eigenvalue weighted by atomic mass is 10.1. The summed E-state index contributed by atoms with van der Waals surface area (Å²) in [6.07, 6.45) is 4.78. The summed E-state index contributed by atoms with van der Waals surface area (Å²) < 4.78 is 16.4. The van der Waals surface area contributed by atoms with Gasteiger partial charge < -0.3 is 19.1 Å². The van der Waals surface area contributed by atoms with E-state index in [1.54, 1.807) is 49.6 Å². The van der Waals surface area contributed by atoms with Crippen LogP contribution < -0.4 is 14.2 Å². The zero-order valence-electron chi connectivity index (χ0n) is 14.3. The van der Waals surface area contributed by atoms with Crippen molar-refractivity contribution in [1.82, 2.24) is 14.9 Å². The number of rotatable bonds is 5. The van der Waals surface area contributed by atoms with E-state index >= 15 is 0 Å². The van der Waals surface area contributed by atoms with Crippen molar-refractivity contribution in [3.8, 4) is 17.4 Å². The zero-order chi connectivity index (χ0) is 17.6. The van der Waals surface area contributed by atoms with Crippen LogP contribution in [0.3, 0.4) is 0 Å². The van der Waals surface area contributed by atoms with Gasteiger partial charge in [0.05, 0.1) is 20.8 Å². The molecule has 0 saturated carbocycles. The number of hydrogen-bond donors (Lipinski definition) is 0. The number of benzene rings is 1. The van der Waals surface area contributed by atoms with E-state index in [9.17, 15) is 4.79 Å². The van der Waals surface area contributed by atoms with Crippen LogP contribution in [0.4, 0.5) is 0 Å². The smallest absolute Gasteiger partial charge is 0.254 e. The van der Waals surface area contributed by atoms with Crippen molar-refractivity contribution in [1.29, 1.82) is 0 Å². The molecule has 0 radical (unpaired) electrons. The summed E-state index contributed by atoms with van der Waals surface area (Å²) in [7, 11) is 3.12. The van der Waals surface area contributed by atoms with Crippen molar-refractivity contribution in [3.63, 3.8) is 0 Å². The van der Waals surface area contributed by atoms with Crippen LogP contribution in [-0.2, 0) is 0 Å². The van der Waals surface area contributed by atoms with Gasteiger partial charge >= 0.3 is 0 Å². The van der Waals surface area contributed by atoms with Crippen LogP contribution in [0.1, 0.15) is 23.2 Å². The summed E-state index contributed by atoms with van der Waals surface area (Å²) >= 11 is 0. The van der Waals surface area contributed by atoms with E-state index in [1.165, 1.54) is 6.33 Å². The van der Waals surface area contributed by atoms with Gasteiger partial charge in [0, 0.05) is 24.4 Å². The van der Waals surface area contributed by atoms with Gasteiger partial charge in [0.15, 0.2) is 11.5 Å². The molecule has 7 heteroatoms. The first-order chi connectivity index (χ1) is 12.2. The highest BCUT2D eigenvalue weighted by molar-refractivity contribution is 5.95. The van der Waals surface area contributed by atoms with Crippen molar-refractivity contribution in [2.45, 2.75) is 18.9 Å². The highest BCUT2D eigenvalue weighted by Gasteiger charge is 2.26. The second-order valence-electron chi connectivity index (χ2n) is 5.75. The normalized spacial score (nSPS) is 17.0. The van der Waals surface area contributed by atoms with Gasteiger partial charge in [0.1, 0.15) is 12.4 Å². The number of hydrogen-bond acceptors (Lipinski definition) is 6. The second-order valence-corrected chi connectivity index (χ2v) is 5.75. The van der Waals surface area contributed by atoms with E-state index in [1.807, 2.05) is 0 Å². The van der Waals surface area contributed by atoms with Gasteiger partial charge in [-0.1, -0.05) is 0 Å². The van der Waals surface area contributed by atoms with Gasteiger partial charge in [-0.25, -0.2) is 9.97 Å². The van der Waals surface area contributed by atoms with Crippen LogP contribution in [0.25, 0.3) is 0 Å². The molecule has 7 nitrogen and oxygen atoms in total. The molecule has 1 atom stereocenters. The third-order valence-electron chi connectivity index (χ3n) is 4.14. The molecule has 0 bridgehead atoms. The number of piperidine rings is 1. The fraction of sp³-hybridized carbons (Fsp3) is 0.389. The Bertz CT molecular complexity index is 724. The molecule has 2 heterocycles. The van der Waals surface area contributed by atoms with Crippen LogP contribution in [-0.4, -0.2) is 54.2 Å². The van der Waals surface area contributed by atoms with E-state index in [2.05, 4.69) is 9.97 Å². The third kappa shape index (κ3) is 3.99. The van der Waals surface area contributed by atoms with Crippen LogP contribution in [0, 0.1) is 0 Å². The molecular formula is C18H21N3O4. The maximum absolute atomic E-state index is 12.8. The Hall–Kier alpha value is -2.83. The molecule has 2 aromatic rings. The second kappa shape index (κ2) is 7.83. The SMILES string of the molecule is COc1ccc(C(=O)N2CCCC(Oc3ccncn3)C2)cc1OC. The lowest BCUT2D eigenvalue weighted by Crippen LogP contribution is -2.44. The van der Waals surface area contributed by atoms with E-state index in [0.717, 1.165) is 12.8 Å². The maximum Gasteiger partial charge on any atom is 0.254 e. The summed E-state index contributed by atoms with van der Waals surface area (Å²) in [5.41, 5.74) is 0.570. The standard InChI is InChI=1S/C18H21N3O4/c1-23-15-6-5-13(10-16(15)24-2)18(22)21-9-3-4-14(11-21)25-17-7-8-19-12-20-17/h5-8,10,12,14H,3-4,9,11H2,1-2H3. The fourth-order valence-corrected chi connectivity index (χ4v) is 2.89. The molecule has 1 aliphatic rings. The quantitative estimate of drug-likeness (QED) is 0.828. The number of likely N-dealkylation sites (tertiary alicyclic amines) is 1. The summed E-state index contributed by atoms with van der Waals surface area (Å²) in [6, 6.07) is 6.91. The number of amides is 1. The van der Waals surface area contributed by atoms with E-state index < -0.39 is 0 Å². The first-order valence-corrected chi connectivity index (χ1v) is 8.15. The van der Waals surface area contributed by atoms with Crippen LogP contribution in [0.2, 0.25) is 0 Å². The lowest BCUT2D eigenvalue weighted by Gasteiger charge is -2.32. The van der Waals surface area contributed by atoms with Crippen molar-refractivity contribution in [2.24, 2.45) is 0 Å². The van der Waals surface area contributed by atoms with Gasteiger partial charge in [0.25, 0.3) is 5.91 Å². The molecule has 0 spiro atoms. The molecule has 0 aliphatic carbocycles. The summed E-state index contributed by atoms with van der Waals surface area (Å²) in [5, 5.41) is 0. The molecule has 1 unspecified atom stereocenters. The topological polar surface area (TPSA) is 73.8 Å². The summed E-state index contributed by atoms with van der Waals surface area (Å²) in [5.74, 6) is 1.62. The highest BCUT2D eigenvalue weighted by atomic mass is 16.5. The first-order valence-electron chi connectivity index (χ1n) is 8.15. The Kier molecular flexibility index (Phi) is 5.33. The molecule has 1 aromatic carbocycles. The van der Waals surface area contributed by atoms with Crippen molar-refractivity contribution in [3.05, 3.63) is 42.4 Å². The molecule has 132 valence electrons. The Balaban J connectivity index is 1.69. The monoisotopic (exact) mass is 343 g/mol. The molecule has 3 rings (SSSR count). The van der Waals surface area contributed by atoms with Crippen LogP contribution in [0.15, 0.2) is 36.8 Å². The molecule has 1 aliphatic heterocycles. The van der Waals surface area contributed by atoms with Crippen LogP contribution in [0.5, 0.6) is 17.4 Å². The molecule has 1 saturated heterocycles. The summed E-state index contributed by atoms with van der Waals surface area (Å²) in [4.78, 5) is 22.6. The van der Waals surface area contributed by atoms with E-state index in [0.29, 0.717) is 36.0 Å². The van der Waals surface area contributed by atoms with E-state index in [4.69, 9.17) is 14.2 Å². The Morgan fingerprint density at radius 3 is 2.76 bits per heavy atom. The maximum atomic E-state index is 12.8. The number of ether oxygens (including phenoxy) is 3. The van der Waals surface area contributed by atoms with Gasteiger partial charge in [0.2, 0.25) is 5.88 Å². The molecule has 1 amide bonds. The van der Waals surface area contributed by atoms with Gasteiger partial charge in [-0.15, -0.1) is 0 Å². The Morgan fingerprint density at radius 1 is 1.20 bits per heavy atom. The fourth-order valence-electron chi connectivity index (χ4n) is 2.89. The minimum Gasteiger partial charge on any atom is -0.493 e. The predicted molar refractivity (Wildman–Crippen MR) is 91.1 cm³/mol. The Labute approximate surface area is 146 Å². The molecule has 0 N–H and O–H groups in total. The lowest BCUT2D eigenvalue weighted by molar-refractivity contribution is 0.0527. The van der Waals surface area contributed by atoms with Crippen LogP contribution >= 0.6 is 0 Å². The number of carbonyl (C=O) groups excluding carboxylic acids is 1. The average molecular weight is 343 g/mol.